The minimum atomic E-state index is -2.10. The second-order valence-corrected chi connectivity index (χ2v) is 8.18. The molecule has 2 aromatic carbocycles. The third kappa shape index (κ3) is 4.18. The molecule has 26 heavy (non-hydrogen) atoms. The van der Waals surface area contributed by atoms with Crippen molar-refractivity contribution in [2.75, 3.05) is 16.8 Å². The molecule has 3 rings (SSSR count). The normalized spacial score (nSPS) is 13.8. The molecule has 5 nitrogen and oxygen atoms in total. The van der Waals surface area contributed by atoms with Crippen molar-refractivity contribution in [3.63, 3.8) is 0 Å². The van der Waals surface area contributed by atoms with E-state index in [1.165, 1.54) is 4.90 Å². The van der Waals surface area contributed by atoms with Crippen LogP contribution < -0.4 is 15.0 Å². The molecule has 0 saturated carbocycles. The highest BCUT2D eigenvalue weighted by Crippen LogP contribution is 2.37. The number of carbonyl (C=O) groups excluding carboxylic acids is 2. The lowest BCUT2D eigenvalue weighted by atomic mass is 10.1. The molecule has 2 aromatic rings. The van der Waals surface area contributed by atoms with Crippen molar-refractivity contribution in [2.24, 2.45) is 0 Å². The molecule has 1 heterocycles. The lowest BCUT2D eigenvalue weighted by molar-refractivity contribution is -0.121. The zero-order valence-electron chi connectivity index (χ0n) is 13.1. The lowest BCUT2D eigenvalue weighted by Gasteiger charge is -2.30. The zero-order valence-corrected chi connectivity index (χ0v) is 16.2. The second-order valence-electron chi connectivity index (χ2n) is 5.49. The van der Waals surface area contributed by atoms with Crippen molar-refractivity contribution in [2.45, 2.75) is 10.3 Å². The Balaban J connectivity index is 1.92. The third-order valence-electron chi connectivity index (χ3n) is 3.70. The van der Waals surface area contributed by atoms with E-state index in [-0.39, 0.29) is 19.1 Å². The van der Waals surface area contributed by atoms with Crippen LogP contribution in [0.5, 0.6) is 5.75 Å². The summed E-state index contributed by atoms with van der Waals surface area (Å²) < 4.78 is 3.35. The zero-order chi connectivity index (χ0) is 18.9. The van der Waals surface area contributed by atoms with E-state index in [4.69, 9.17) is 51.1 Å². The van der Waals surface area contributed by atoms with Crippen LogP contribution in [0.3, 0.4) is 0 Å². The van der Waals surface area contributed by atoms with Crippen molar-refractivity contribution in [1.29, 1.82) is 0 Å². The number of nitrogens with zero attached hydrogens (tertiary/aromatic N) is 1. The van der Waals surface area contributed by atoms with Crippen LogP contribution in [0.1, 0.15) is 5.56 Å². The van der Waals surface area contributed by atoms with Gasteiger partial charge in [0.1, 0.15) is 5.75 Å². The number of rotatable bonds is 3. The van der Waals surface area contributed by atoms with Crippen LogP contribution in [0.25, 0.3) is 0 Å². The smallest absolute Gasteiger partial charge is 0.276 e. The maximum atomic E-state index is 12.4. The second kappa shape index (κ2) is 7.53. The summed E-state index contributed by atoms with van der Waals surface area (Å²) in [5.41, 5.74) is 1.64. The van der Waals surface area contributed by atoms with Gasteiger partial charge in [-0.15, -0.1) is 0 Å². The molecule has 0 atom stereocenters. The van der Waals surface area contributed by atoms with Gasteiger partial charge in [0.05, 0.1) is 12.2 Å². The summed E-state index contributed by atoms with van der Waals surface area (Å²) in [5, 5.41) is 3.04. The number of halogens is 4. The predicted octanol–water partition coefficient (Wildman–Crippen LogP) is 4.57. The molecule has 0 unspecified atom stereocenters. The highest BCUT2D eigenvalue weighted by molar-refractivity contribution is 6.76. The number of amides is 2. The Morgan fingerprint density at radius 3 is 2.62 bits per heavy atom. The van der Waals surface area contributed by atoms with E-state index in [1.54, 1.807) is 24.3 Å². The van der Waals surface area contributed by atoms with Gasteiger partial charge in [0, 0.05) is 10.7 Å². The summed E-state index contributed by atoms with van der Waals surface area (Å²) in [6.07, 6.45) is 0. The highest BCUT2D eigenvalue weighted by atomic mass is 35.6. The van der Waals surface area contributed by atoms with Gasteiger partial charge in [0.25, 0.3) is 15.6 Å². The Bertz CT molecular complexity index is 867. The van der Waals surface area contributed by atoms with E-state index in [9.17, 15) is 9.59 Å². The number of ether oxygens (including phenoxy) is 1. The van der Waals surface area contributed by atoms with Gasteiger partial charge < -0.3 is 15.0 Å². The fourth-order valence-electron chi connectivity index (χ4n) is 2.45. The fraction of sp³-hybridized carbons (Fsp3) is 0.176. The summed E-state index contributed by atoms with van der Waals surface area (Å²) in [5.74, 6) is -0.533. The maximum Gasteiger partial charge on any atom is 0.276 e. The van der Waals surface area contributed by atoms with Crippen LogP contribution >= 0.6 is 46.4 Å². The average Bonchev–Trinajstić information content (AvgIpc) is 2.58. The molecule has 0 fully saturated rings. The lowest BCUT2D eigenvalue weighted by Crippen LogP contribution is -2.38. The van der Waals surface area contributed by atoms with Gasteiger partial charge in [0.2, 0.25) is 0 Å². The monoisotopic (exact) mass is 432 g/mol. The third-order valence-corrected chi connectivity index (χ3v) is 4.59. The van der Waals surface area contributed by atoms with Crippen LogP contribution in [-0.4, -0.2) is 22.2 Å². The van der Waals surface area contributed by atoms with Crippen LogP contribution in [-0.2, 0) is 16.1 Å². The Labute approximate surface area is 169 Å². The Hall–Kier alpha value is -1.66. The molecule has 1 aliphatic rings. The van der Waals surface area contributed by atoms with Gasteiger partial charge >= 0.3 is 0 Å². The van der Waals surface area contributed by atoms with Crippen LogP contribution in [0, 0.1) is 0 Å². The number of hydrogen-bond acceptors (Lipinski definition) is 3. The van der Waals surface area contributed by atoms with Crippen LogP contribution in [0.2, 0.25) is 5.02 Å². The van der Waals surface area contributed by atoms with Gasteiger partial charge in [-0.2, -0.15) is 0 Å². The Morgan fingerprint density at radius 2 is 1.92 bits per heavy atom. The molecule has 0 radical (unpaired) electrons. The molecule has 0 aliphatic carbocycles. The standard InChI is InChI=1S/C17H12Cl4N2O3/c18-12-4-2-1-3-10(12)8-23-13-7-11(22-16(25)17(19,20)21)5-6-14(13)26-9-15(23)24/h1-7H,8-9H2,(H,22,25). The number of alkyl halides is 3. The van der Waals surface area contributed by atoms with Gasteiger partial charge in [-0.1, -0.05) is 64.6 Å². The minimum Gasteiger partial charge on any atom is -0.482 e. The molecule has 0 bridgehead atoms. The number of hydrogen-bond donors (Lipinski definition) is 1. The molecule has 0 spiro atoms. The molecule has 0 saturated heterocycles. The van der Waals surface area contributed by atoms with Gasteiger partial charge in [-0.25, -0.2) is 0 Å². The van der Waals surface area contributed by atoms with Crippen molar-refractivity contribution >= 4 is 69.6 Å². The molecule has 9 heteroatoms. The number of nitrogens with one attached hydrogen (secondary N) is 1. The summed E-state index contributed by atoms with van der Waals surface area (Å²) in [6.45, 7) is 0.175. The van der Waals surface area contributed by atoms with Crippen LogP contribution in [0.15, 0.2) is 42.5 Å². The van der Waals surface area contributed by atoms with Gasteiger partial charge in [0.15, 0.2) is 6.61 Å². The number of fused-ring (bicyclic) bond motifs is 1. The highest BCUT2D eigenvalue weighted by Gasteiger charge is 2.31. The average molecular weight is 434 g/mol. The van der Waals surface area contributed by atoms with Crippen molar-refractivity contribution in [3.8, 4) is 5.75 Å². The quantitative estimate of drug-likeness (QED) is 0.721. The van der Waals surface area contributed by atoms with E-state index in [0.29, 0.717) is 22.1 Å². The Kier molecular flexibility index (Phi) is 5.53. The summed E-state index contributed by atoms with van der Waals surface area (Å²) in [7, 11) is 0. The topological polar surface area (TPSA) is 58.6 Å². The molecular weight excluding hydrogens is 422 g/mol. The minimum absolute atomic E-state index is 0.0860. The number of anilines is 2. The van der Waals surface area contributed by atoms with Crippen molar-refractivity contribution in [3.05, 3.63) is 53.1 Å². The van der Waals surface area contributed by atoms with E-state index in [1.807, 2.05) is 18.2 Å². The van der Waals surface area contributed by atoms with E-state index < -0.39 is 9.70 Å². The molecule has 2 amide bonds. The SMILES string of the molecule is O=C1COc2ccc(NC(=O)C(Cl)(Cl)Cl)cc2N1Cc1ccccc1Cl. The van der Waals surface area contributed by atoms with Gasteiger partial charge in [-0.05, 0) is 29.8 Å². The first-order valence-electron chi connectivity index (χ1n) is 7.44. The van der Waals surface area contributed by atoms with Crippen LogP contribution in [0.4, 0.5) is 11.4 Å². The predicted molar refractivity (Wildman–Crippen MR) is 103 cm³/mol. The molecule has 1 aliphatic heterocycles. The number of carbonyl (C=O) groups is 2. The summed E-state index contributed by atoms with van der Waals surface area (Å²) in [4.78, 5) is 25.8. The van der Waals surface area contributed by atoms with Gasteiger partial charge in [-0.3, -0.25) is 9.59 Å². The van der Waals surface area contributed by atoms with Crippen molar-refractivity contribution in [1.82, 2.24) is 0 Å². The largest absolute Gasteiger partial charge is 0.482 e. The molecule has 136 valence electrons. The summed E-state index contributed by atoms with van der Waals surface area (Å²) >= 11 is 22.9. The fourth-order valence-corrected chi connectivity index (χ4v) is 2.79. The first kappa shape index (κ1) is 19.1. The number of benzene rings is 2. The maximum absolute atomic E-state index is 12.4. The molecule has 1 N–H and O–H groups in total. The first-order valence-corrected chi connectivity index (χ1v) is 8.95. The molecule has 0 aromatic heterocycles. The molecular formula is C17H12Cl4N2O3. The van der Waals surface area contributed by atoms with E-state index in [0.717, 1.165) is 5.56 Å². The van der Waals surface area contributed by atoms with Crippen molar-refractivity contribution < 1.29 is 14.3 Å². The Morgan fingerprint density at radius 1 is 1.19 bits per heavy atom. The van der Waals surface area contributed by atoms with E-state index >= 15 is 0 Å². The first-order chi connectivity index (χ1) is 12.3. The summed E-state index contributed by atoms with van der Waals surface area (Å²) in [6, 6.07) is 12.0. The van der Waals surface area contributed by atoms with E-state index in [2.05, 4.69) is 5.32 Å².